The number of nitrogens with one attached hydrogen (secondary N) is 1. The van der Waals surface area contributed by atoms with E-state index in [-0.39, 0.29) is 18.2 Å². The van der Waals surface area contributed by atoms with E-state index in [0.717, 1.165) is 13.0 Å². The van der Waals surface area contributed by atoms with Gasteiger partial charge in [0.2, 0.25) is 0 Å². The maximum atomic E-state index is 12.2. The predicted molar refractivity (Wildman–Crippen MR) is 95.1 cm³/mol. The fourth-order valence-electron chi connectivity index (χ4n) is 3.21. The van der Waals surface area contributed by atoms with Crippen molar-refractivity contribution in [1.82, 2.24) is 20.0 Å². The van der Waals surface area contributed by atoms with Gasteiger partial charge in [0.1, 0.15) is 5.60 Å². The number of likely N-dealkylation sites (tertiary alicyclic amines) is 1. The monoisotopic (exact) mass is 336 g/mol. The molecule has 6 nitrogen and oxygen atoms in total. The number of nitrogens with zero attached hydrogens (tertiary/aromatic N) is 3. The van der Waals surface area contributed by atoms with E-state index in [9.17, 15) is 4.79 Å². The number of rotatable bonds is 4. The van der Waals surface area contributed by atoms with Gasteiger partial charge >= 0.3 is 6.09 Å². The van der Waals surface area contributed by atoms with Gasteiger partial charge in [-0.2, -0.15) is 5.10 Å². The summed E-state index contributed by atoms with van der Waals surface area (Å²) >= 11 is 0. The topological polar surface area (TPSA) is 59.4 Å². The number of carbonyl (C=O) groups is 1. The fourth-order valence-corrected chi connectivity index (χ4v) is 3.21. The molecule has 1 fully saturated rings. The summed E-state index contributed by atoms with van der Waals surface area (Å²) in [6.07, 6.45) is 2.68. The van der Waals surface area contributed by atoms with Crippen LogP contribution in [0, 0.1) is 6.92 Å². The number of carbonyl (C=O) groups excluding carboxylic acids is 1. The molecule has 0 aliphatic carbocycles. The van der Waals surface area contributed by atoms with Gasteiger partial charge in [-0.05, 0) is 54.9 Å². The van der Waals surface area contributed by atoms with Crippen molar-refractivity contribution >= 4 is 6.09 Å². The number of hydrogen-bond donors (Lipinski definition) is 1. The summed E-state index contributed by atoms with van der Waals surface area (Å²) in [7, 11) is 0. The van der Waals surface area contributed by atoms with E-state index in [4.69, 9.17) is 4.74 Å². The first kappa shape index (κ1) is 18.8. The summed E-state index contributed by atoms with van der Waals surface area (Å²) in [6, 6.07) is 0.857. The van der Waals surface area contributed by atoms with Crippen LogP contribution in [0.15, 0.2) is 6.20 Å². The molecule has 1 aromatic heterocycles. The SMILES string of the molecule is Cc1c([C@H](C)N[C@H]2CCN(C(=O)OC(C)(C)C)C2)cnn1C(C)C. The first-order valence-corrected chi connectivity index (χ1v) is 8.86. The zero-order valence-electron chi connectivity index (χ0n) is 16.1. The van der Waals surface area contributed by atoms with Crippen LogP contribution >= 0.6 is 0 Å². The van der Waals surface area contributed by atoms with Gasteiger partial charge in [-0.3, -0.25) is 4.68 Å². The minimum absolute atomic E-state index is 0.209. The van der Waals surface area contributed by atoms with Crippen molar-refractivity contribution in [3.05, 3.63) is 17.5 Å². The molecular weight excluding hydrogens is 304 g/mol. The second kappa shape index (κ2) is 7.13. The molecular formula is C18H32N4O2. The zero-order chi connectivity index (χ0) is 18.1. The Labute approximate surface area is 145 Å². The van der Waals surface area contributed by atoms with Gasteiger partial charge in [-0.1, -0.05) is 0 Å². The molecule has 136 valence electrons. The van der Waals surface area contributed by atoms with Crippen LogP contribution in [0.1, 0.15) is 71.3 Å². The molecule has 0 aromatic carbocycles. The summed E-state index contributed by atoms with van der Waals surface area (Å²) in [5.41, 5.74) is 1.98. The van der Waals surface area contributed by atoms with E-state index >= 15 is 0 Å². The zero-order valence-corrected chi connectivity index (χ0v) is 16.1. The van der Waals surface area contributed by atoms with Gasteiger partial charge < -0.3 is 15.0 Å². The molecule has 0 radical (unpaired) electrons. The Bertz CT molecular complexity index is 574. The molecule has 24 heavy (non-hydrogen) atoms. The molecule has 2 atom stereocenters. The first-order chi connectivity index (χ1) is 11.1. The van der Waals surface area contributed by atoms with Gasteiger partial charge in [-0.15, -0.1) is 0 Å². The molecule has 6 heteroatoms. The molecule has 2 rings (SSSR count). The van der Waals surface area contributed by atoms with Crippen LogP contribution in [-0.4, -0.2) is 45.5 Å². The van der Waals surface area contributed by atoms with Gasteiger partial charge in [0.05, 0.1) is 6.20 Å². The number of ether oxygens (including phenoxy) is 1. The smallest absolute Gasteiger partial charge is 0.410 e. The van der Waals surface area contributed by atoms with Gasteiger partial charge in [0.15, 0.2) is 0 Å². The lowest BCUT2D eigenvalue weighted by Crippen LogP contribution is -2.39. The summed E-state index contributed by atoms with van der Waals surface area (Å²) in [6.45, 7) is 15.7. The Balaban J connectivity index is 1.92. The minimum Gasteiger partial charge on any atom is -0.444 e. The lowest BCUT2D eigenvalue weighted by molar-refractivity contribution is 0.0290. The molecule has 1 aliphatic heterocycles. The van der Waals surface area contributed by atoms with E-state index in [1.165, 1.54) is 11.3 Å². The molecule has 2 heterocycles. The van der Waals surface area contributed by atoms with E-state index in [1.807, 2.05) is 27.0 Å². The van der Waals surface area contributed by atoms with Gasteiger partial charge in [-0.25, -0.2) is 4.79 Å². The third-order valence-electron chi connectivity index (χ3n) is 4.36. The van der Waals surface area contributed by atoms with E-state index in [2.05, 4.69) is 42.8 Å². The van der Waals surface area contributed by atoms with Crippen molar-refractivity contribution in [2.75, 3.05) is 13.1 Å². The number of amides is 1. The predicted octanol–water partition coefficient (Wildman–Crippen LogP) is 3.43. The highest BCUT2D eigenvalue weighted by Crippen LogP contribution is 2.22. The molecule has 0 bridgehead atoms. The second-order valence-electron chi connectivity index (χ2n) is 8.02. The molecule has 1 aromatic rings. The molecule has 0 spiro atoms. The summed E-state index contributed by atoms with van der Waals surface area (Å²) < 4.78 is 7.51. The largest absolute Gasteiger partial charge is 0.444 e. The van der Waals surface area contributed by atoms with E-state index in [0.29, 0.717) is 12.6 Å². The van der Waals surface area contributed by atoms with Crippen molar-refractivity contribution in [2.24, 2.45) is 0 Å². The van der Waals surface area contributed by atoms with Crippen LogP contribution in [-0.2, 0) is 4.74 Å². The molecule has 1 aliphatic rings. The Morgan fingerprint density at radius 1 is 1.38 bits per heavy atom. The summed E-state index contributed by atoms with van der Waals surface area (Å²) in [5.74, 6) is 0. The average molecular weight is 336 g/mol. The fraction of sp³-hybridized carbons (Fsp3) is 0.778. The number of hydrogen-bond acceptors (Lipinski definition) is 4. The average Bonchev–Trinajstić information content (AvgIpc) is 3.03. The van der Waals surface area contributed by atoms with Crippen molar-refractivity contribution in [3.63, 3.8) is 0 Å². The van der Waals surface area contributed by atoms with Crippen LogP contribution < -0.4 is 5.32 Å². The van der Waals surface area contributed by atoms with Crippen LogP contribution in [0.3, 0.4) is 0 Å². The molecule has 0 unspecified atom stereocenters. The third-order valence-corrected chi connectivity index (χ3v) is 4.36. The van der Waals surface area contributed by atoms with Gasteiger partial charge in [0, 0.05) is 42.5 Å². The minimum atomic E-state index is -0.446. The van der Waals surface area contributed by atoms with Crippen LogP contribution in [0.25, 0.3) is 0 Å². The Morgan fingerprint density at radius 3 is 2.58 bits per heavy atom. The molecule has 1 N–H and O–H groups in total. The van der Waals surface area contributed by atoms with Crippen molar-refractivity contribution in [2.45, 2.75) is 78.6 Å². The van der Waals surface area contributed by atoms with Crippen molar-refractivity contribution in [1.29, 1.82) is 0 Å². The second-order valence-corrected chi connectivity index (χ2v) is 8.02. The number of aromatic nitrogens is 2. The quantitative estimate of drug-likeness (QED) is 0.915. The standard InChI is InChI=1S/C18H32N4O2/c1-12(2)22-14(4)16(10-19-22)13(3)20-15-8-9-21(11-15)17(23)24-18(5,6)7/h10,12-13,15,20H,8-9,11H2,1-7H3/t13-,15-/m0/s1. The summed E-state index contributed by atoms with van der Waals surface area (Å²) in [4.78, 5) is 13.9. The van der Waals surface area contributed by atoms with Crippen LogP contribution in [0.5, 0.6) is 0 Å². The van der Waals surface area contributed by atoms with Crippen molar-refractivity contribution < 1.29 is 9.53 Å². The Hall–Kier alpha value is -1.56. The Morgan fingerprint density at radius 2 is 2.04 bits per heavy atom. The normalized spacial score (nSPS) is 19.8. The highest BCUT2D eigenvalue weighted by Gasteiger charge is 2.30. The maximum Gasteiger partial charge on any atom is 0.410 e. The highest BCUT2D eigenvalue weighted by molar-refractivity contribution is 5.68. The maximum absolute atomic E-state index is 12.2. The summed E-state index contributed by atoms with van der Waals surface area (Å²) in [5, 5.41) is 8.12. The molecule has 1 saturated heterocycles. The lowest BCUT2D eigenvalue weighted by atomic mass is 10.1. The highest BCUT2D eigenvalue weighted by atomic mass is 16.6. The third kappa shape index (κ3) is 4.50. The first-order valence-electron chi connectivity index (χ1n) is 8.86. The van der Waals surface area contributed by atoms with E-state index in [1.54, 1.807) is 4.90 Å². The van der Waals surface area contributed by atoms with E-state index < -0.39 is 5.60 Å². The lowest BCUT2D eigenvalue weighted by Gasteiger charge is -2.25. The van der Waals surface area contributed by atoms with Crippen LogP contribution in [0.4, 0.5) is 4.79 Å². The van der Waals surface area contributed by atoms with Gasteiger partial charge in [0.25, 0.3) is 0 Å². The van der Waals surface area contributed by atoms with Crippen LogP contribution in [0.2, 0.25) is 0 Å². The molecule has 0 saturated carbocycles. The van der Waals surface area contributed by atoms with Crippen molar-refractivity contribution in [3.8, 4) is 0 Å². The molecule has 1 amide bonds. The Kier molecular flexibility index (Phi) is 5.58.